The first-order valence-electron chi connectivity index (χ1n) is 10.4. The minimum atomic E-state index is -0.633. The zero-order chi connectivity index (χ0) is 20.7. The maximum atomic E-state index is 14.1. The van der Waals surface area contributed by atoms with Gasteiger partial charge in [-0.15, -0.1) is 0 Å². The van der Waals surface area contributed by atoms with Gasteiger partial charge in [0.25, 0.3) is 0 Å². The molecule has 3 unspecified atom stereocenters. The fourth-order valence-corrected chi connectivity index (χ4v) is 4.73. The average molecular weight is 405 g/mol. The molecule has 0 bridgehead atoms. The zero-order valence-corrected chi connectivity index (χ0v) is 17.0. The Morgan fingerprint density at radius 1 is 1.21 bits per heavy atom. The number of halogens is 2. The maximum absolute atomic E-state index is 14.1. The van der Waals surface area contributed by atoms with Crippen LogP contribution in [0.15, 0.2) is 29.3 Å². The molecule has 1 aromatic rings. The van der Waals surface area contributed by atoms with Crippen molar-refractivity contribution in [2.24, 2.45) is 11.7 Å². The van der Waals surface area contributed by atoms with E-state index >= 15 is 0 Å². The van der Waals surface area contributed by atoms with E-state index in [1.165, 1.54) is 17.2 Å². The first-order chi connectivity index (χ1) is 13.8. The molecule has 1 fully saturated rings. The fraction of sp³-hybridized carbons (Fsp3) is 0.591. The molecule has 0 aromatic heterocycles. The summed E-state index contributed by atoms with van der Waals surface area (Å²) in [4.78, 5) is 16.6. The molecule has 3 aliphatic heterocycles. The Morgan fingerprint density at radius 3 is 2.69 bits per heavy atom. The van der Waals surface area contributed by atoms with Crippen LogP contribution in [-0.2, 0) is 9.53 Å². The fourth-order valence-electron chi connectivity index (χ4n) is 4.73. The van der Waals surface area contributed by atoms with Gasteiger partial charge in [0.15, 0.2) is 0 Å². The summed E-state index contributed by atoms with van der Waals surface area (Å²) in [6, 6.07) is 3.13. The second-order valence-corrected chi connectivity index (χ2v) is 8.75. The van der Waals surface area contributed by atoms with Gasteiger partial charge in [0.1, 0.15) is 17.7 Å². The highest BCUT2D eigenvalue weighted by Gasteiger charge is 2.38. The van der Waals surface area contributed by atoms with Crippen molar-refractivity contribution in [1.29, 1.82) is 0 Å². The number of ether oxygens (including phenoxy) is 1. The number of nitrogens with two attached hydrogens (primary N) is 1. The van der Waals surface area contributed by atoms with Crippen molar-refractivity contribution in [3.05, 3.63) is 46.5 Å². The quantitative estimate of drug-likeness (QED) is 0.786. The van der Waals surface area contributed by atoms with Crippen LogP contribution in [0.5, 0.6) is 0 Å². The Bertz CT molecular complexity index is 826. The zero-order valence-electron chi connectivity index (χ0n) is 17.0. The third-order valence-electron chi connectivity index (χ3n) is 6.34. The molecule has 1 aromatic carbocycles. The van der Waals surface area contributed by atoms with Crippen molar-refractivity contribution in [1.82, 2.24) is 9.80 Å². The molecule has 0 aliphatic carbocycles. The molecular weight excluding hydrogens is 376 g/mol. The van der Waals surface area contributed by atoms with Crippen LogP contribution >= 0.6 is 0 Å². The van der Waals surface area contributed by atoms with Gasteiger partial charge in [0.05, 0.1) is 6.61 Å². The molecule has 5 nitrogen and oxygen atoms in total. The molecule has 2 N–H and O–H groups in total. The van der Waals surface area contributed by atoms with Crippen molar-refractivity contribution in [2.45, 2.75) is 44.9 Å². The Morgan fingerprint density at radius 2 is 1.97 bits per heavy atom. The number of amides is 1. The first-order valence-corrected chi connectivity index (χ1v) is 10.4. The van der Waals surface area contributed by atoms with E-state index in [0.717, 1.165) is 38.2 Å². The topological polar surface area (TPSA) is 58.8 Å². The molecule has 1 amide bonds. The van der Waals surface area contributed by atoms with E-state index in [4.69, 9.17) is 10.5 Å². The molecule has 7 heteroatoms. The van der Waals surface area contributed by atoms with Gasteiger partial charge in [-0.2, -0.15) is 0 Å². The number of rotatable bonds is 3. The predicted octanol–water partition coefficient (Wildman–Crippen LogP) is 2.62. The van der Waals surface area contributed by atoms with Gasteiger partial charge in [-0.3, -0.25) is 9.69 Å². The SMILES string of the molecule is CC(C)C(=O)N1CCC2=C(C1)CN(C1COC(c3cc(F)ccc3F)C(N)C1)C2. The lowest BCUT2D eigenvalue weighted by Crippen LogP contribution is -2.49. The molecule has 0 spiro atoms. The lowest BCUT2D eigenvalue weighted by molar-refractivity contribution is -0.134. The van der Waals surface area contributed by atoms with Crippen LogP contribution in [0.1, 0.15) is 38.4 Å². The minimum Gasteiger partial charge on any atom is -0.370 e. The van der Waals surface area contributed by atoms with Gasteiger partial charge >= 0.3 is 0 Å². The molecule has 3 aliphatic rings. The third kappa shape index (κ3) is 4.09. The molecule has 3 atom stereocenters. The Kier molecular flexibility index (Phi) is 5.73. The van der Waals surface area contributed by atoms with Crippen LogP contribution in [-0.4, -0.2) is 60.6 Å². The molecule has 3 heterocycles. The highest BCUT2D eigenvalue weighted by molar-refractivity contribution is 5.78. The van der Waals surface area contributed by atoms with E-state index in [1.807, 2.05) is 18.7 Å². The number of nitrogens with zero attached hydrogens (tertiary/aromatic N) is 2. The van der Waals surface area contributed by atoms with Crippen LogP contribution in [0.3, 0.4) is 0 Å². The van der Waals surface area contributed by atoms with Gasteiger partial charge in [-0.1, -0.05) is 19.4 Å². The van der Waals surface area contributed by atoms with E-state index in [9.17, 15) is 13.6 Å². The highest BCUT2D eigenvalue weighted by Crippen LogP contribution is 2.34. The molecule has 4 rings (SSSR count). The van der Waals surface area contributed by atoms with E-state index in [-0.39, 0.29) is 23.4 Å². The van der Waals surface area contributed by atoms with Gasteiger partial charge in [-0.05, 0) is 36.6 Å². The summed E-state index contributed by atoms with van der Waals surface area (Å²) in [6.07, 6.45) is 0.947. The molecule has 0 saturated carbocycles. The van der Waals surface area contributed by atoms with Crippen molar-refractivity contribution in [2.75, 3.05) is 32.8 Å². The second kappa shape index (κ2) is 8.13. The summed E-state index contributed by atoms with van der Waals surface area (Å²) in [7, 11) is 0. The van der Waals surface area contributed by atoms with Gasteiger partial charge in [0.2, 0.25) is 5.91 Å². The van der Waals surface area contributed by atoms with Crippen molar-refractivity contribution >= 4 is 5.91 Å². The summed E-state index contributed by atoms with van der Waals surface area (Å²) in [5, 5.41) is 0. The van der Waals surface area contributed by atoms with Crippen molar-refractivity contribution < 1.29 is 18.3 Å². The number of benzene rings is 1. The lowest BCUT2D eigenvalue weighted by Gasteiger charge is -2.39. The number of hydrogen-bond acceptors (Lipinski definition) is 4. The smallest absolute Gasteiger partial charge is 0.225 e. The predicted molar refractivity (Wildman–Crippen MR) is 106 cm³/mol. The van der Waals surface area contributed by atoms with Gasteiger partial charge in [-0.25, -0.2) is 8.78 Å². The third-order valence-corrected chi connectivity index (χ3v) is 6.34. The van der Waals surface area contributed by atoms with E-state index in [0.29, 0.717) is 19.6 Å². The van der Waals surface area contributed by atoms with E-state index in [1.54, 1.807) is 0 Å². The van der Waals surface area contributed by atoms with E-state index < -0.39 is 23.8 Å². The second-order valence-electron chi connectivity index (χ2n) is 8.75. The van der Waals surface area contributed by atoms with Crippen LogP contribution in [0.4, 0.5) is 8.78 Å². The van der Waals surface area contributed by atoms with Crippen molar-refractivity contribution in [3.63, 3.8) is 0 Å². The normalized spacial score (nSPS) is 28.2. The minimum absolute atomic E-state index is 0.0135. The van der Waals surface area contributed by atoms with Crippen LogP contribution in [0.2, 0.25) is 0 Å². The molecule has 29 heavy (non-hydrogen) atoms. The molecular formula is C22H29F2N3O2. The standard InChI is InChI=1S/C22H29F2N3O2/c1-13(2)22(28)26-6-5-14-9-27(11-15(14)10-26)17-8-20(25)21(29-12-17)18-7-16(23)3-4-19(18)24/h3-4,7,13,17,20-21H,5-6,8-12,25H2,1-2H3. The summed E-state index contributed by atoms with van der Waals surface area (Å²) < 4.78 is 33.6. The summed E-state index contributed by atoms with van der Waals surface area (Å²) in [5.74, 6) is -0.757. The highest BCUT2D eigenvalue weighted by atomic mass is 19.1. The first kappa shape index (κ1) is 20.4. The number of hydrogen-bond donors (Lipinski definition) is 1. The van der Waals surface area contributed by atoms with E-state index in [2.05, 4.69) is 4.90 Å². The summed E-state index contributed by atoms with van der Waals surface area (Å²) >= 11 is 0. The Labute approximate surface area is 170 Å². The summed E-state index contributed by atoms with van der Waals surface area (Å²) in [5.41, 5.74) is 9.27. The maximum Gasteiger partial charge on any atom is 0.225 e. The molecule has 0 radical (unpaired) electrons. The number of carbonyl (C=O) groups is 1. The van der Waals surface area contributed by atoms with Crippen LogP contribution < -0.4 is 5.73 Å². The van der Waals surface area contributed by atoms with Crippen molar-refractivity contribution in [3.8, 4) is 0 Å². The average Bonchev–Trinajstić information content (AvgIpc) is 3.12. The monoisotopic (exact) mass is 405 g/mol. The Hall–Kier alpha value is -1.83. The molecule has 158 valence electrons. The van der Waals surface area contributed by atoms with Crippen LogP contribution in [0, 0.1) is 17.6 Å². The number of carbonyl (C=O) groups excluding carboxylic acids is 1. The van der Waals surface area contributed by atoms with Gasteiger partial charge in [0, 0.05) is 49.7 Å². The largest absolute Gasteiger partial charge is 0.370 e. The summed E-state index contributed by atoms with van der Waals surface area (Å²) in [6.45, 7) is 7.49. The lowest BCUT2D eigenvalue weighted by atomic mass is 9.93. The Balaban J connectivity index is 1.38. The van der Waals surface area contributed by atoms with Gasteiger partial charge < -0.3 is 15.4 Å². The van der Waals surface area contributed by atoms with Crippen LogP contribution in [0.25, 0.3) is 0 Å². The molecule has 1 saturated heterocycles.